The van der Waals surface area contributed by atoms with Crippen molar-refractivity contribution in [1.29, 1.82) is 0 Å². The zero-order valence-electron chi connectivity index (χ0n) is 11.5. The van der Waals surface area contributed by atoms with Gasteiger partial charge in [0.2, 0.25) is 5.91 Å². The molecule has 0 atom stereocenters. The van der Waals surface area contributed by atoms with Gasteiger partial charge in [0.25, 0.3) is 0 Å². The maximum atomic E-state index is 11.4. The molecule has 0 bridgehead atoms. The van der Waals surface area contributed by atoms with Crippen LogP contribution in [0.5, 0.6) is 0 Å². The van der Waals surface area contributed by atoms with Gasteiger partial charge in [0.05, 0.1) is 0 Å². The van der Waals surface area contributed by atoms with E-state index in [1.165, 1.54) is 0 Å². The van der Waals surface area contributed by atoms with Gasteiger partial charge >= 0.3 is 5.97 Å². The minimum atomic E-state index is -1.00. The van der Waals surface area contributed by atoms with Gasteiger partial charge in [-0.15, -0.1) is 0 Å². The summed E-state index contributed by atoms with van der Waals surface area (Å²) in [5.74, 6) is -1.59. The molecule has 0 saturated carbocycles. The average molecular weight is 255 g/mol. The number of carbonyl (C=O) groups is 2. The number of aliphatic carboxylic acids is 1. The molecule has 0 heterocycles. The van der Waals surface area contributed by atoms with E-state index < -0.39 is 11.9 Å². The summed E-state index contributed by atoms with van der Waals surface area (Å²) in [6.45, 7) is 4.12. The summed E-state index contributed by atoms with van der Waals surface area (Å²) in [5, 5.41) is 9.18. The lowest BCUT2D eigenvalue weighted by Gasteiger charge is -2.09. The highest BCUT2D eigenvalue weighted by Crippen LogP contribution is 2.19. The van der Waals surface area contributed by atoms with Gasteiger partial charge in [-0.25, -0.2) is 4.79 Å². The number of nitrogens with two attached hydrogens (primary N) is 1. The van der Waals surface area contributed by atoms with Crippen LogP contribution in [0.2, 0.25) is 0 Å². The van der Waals surface area contributed by atoms with Crippen molar-refractivity contribution in [3.8, 4) is 0 Å². The van der Waals surface area contributed by atoms with E-state index in [-0.39, 0.29) is 5.57 Å². The molecule has 0 aromatic rings. The van der Waals surface area contributed by atoms with Crippen LogP contribution >= 0.6 is 0 Å². The first-order chi connectivity index (χ1) is 8.54. The van der Waals surface area contributed by atoms with E-state index in [4.69, 9.17) is 5.73 Å². The normalized spacial score (nSPS) is 12.1. The standard InChI is InChI=1S/C14H25NO3/c1-3-5-7-9-11(13(15)16)12(14(17)18)10-8-6-4-2/h3-10H2,1-2H3,(H2,15,16)(H,17,18)/b12-11+. The van der Waals surface area contributed by atoms with Crippen LogP contribution in [-0.2, 0) is 9.59 Å². The first kappa shape index (κ1) is 16.7. The van der Waals surface area contributed by atoms with E-state index >= 15 is 0 Å². The van der Waals surface area contributed by atoms with Gasteiger partial charge in [0.1, 0.15) is 0 Å². The number of carbonyl (C=O) groups excluding carboxylic acids is 1. The molecule has 3 N–H and O–H groups in total. The molecule has 0 aliphatic heterocycles. The summed E-state index contributed by atoms with van der Waals surface area (Å²) in [5.41, 5.74) is 5.83. The quantitative estimate of drug-likeness (QED) is 0.465. The highest BCUT2D eigenvalue weighted by Gasteiger charge is 2.17. The second-order valence-electron chi connectivity index (χ2n) is 4.54. The maximum absolute atomic E-state index is 11.4. The first-order valence-electron chi connectivity index (χ1n) is 6.79. The summed E-state index contributed by atoms with van der Waals surface area (Å²) in [4.78, 5) is 22.6. The van der Waals surface area contributed by atoms with E-state index in [1.54, 1.807) is 0 Å². The van der Waals surface area contributed by atoms with Gasteiger partial charge in [-0.2, -0.15) is 0 Å². The SMILES string of the molecule is CCCCC/C(C(N)=O)=C(/CCCCC)C(=O)O. The molecule has 0 aliphatic rings. The van der Waals surface area contributed by atoms with E-state index in [9.17, 15) is 14.7 Å². The highest BCUT2D eigenvalue weighted by molar-refractivity contribution is 6.01. The molecule has 0 aromatic carbocycles. The average Bonchev–Trinajstić information content (AvgIpc) is 2.31. The van der Waals surface area contributed by atoms with Gasteiger partial charge in [-0.1, -0.05) is 39.5 Å². The summed E-state index contributed by atoms with van der Waals surface area (Å²) in [7, 11) is 0. The van der Waals surface area contributed by atoms with Crippen molar-refractivity contribution < 1.29 is 14.7 Å². The number of hydrogen-bond donors (Lipinski definition) is 2. The monoisotopic (exact) mass is 255 g/mol. The van der Waals surface area contributed by atoms with E-state index in [1.807, 2.05) is 0 Å². The van der Waals surface area contributed by atoms with E-state index in [0.717, 1.165) is 38.5 Å². The van der Waals surface area contributed by atoms with Crippen molar-refractivity contribution in [2.45, 2.75) is 65.2 Å². The fourth-order valence-corrected chi connectivity index (χ4v) is 1.91. The molecule has 104 valence electrons. The van der Waals surface area contributed by atoms with Crippen LogP contribution in [0.1, 0.15) is 65.2 Å². The Bertz CT molecular complexity index is 278. The molecule has 0 radical (unpaired) electrons. The Morgan fingerprint density at radius 2 is 1.33 bits per heavy atom. The summed E-state index contributed by atoms with van der Waals surface area (Å²) >= 11 is 0. The zero-order valence-corrected chi connectivity index (χ0v) is 11.5. The molecular formula is C14H25NO3. The molecule has 4 heteroatoms. The van der Waals surface area contributed by atoms with Crippen LogP contribution < -0.4 is 5.73 Å². The number of carboxylic acid groups (broad SMARTS) is 1. The number of carboxylic acids is 1. The number of primary amides is 1. The van der Waals surface area contributed by atoms with Gasteiger partial charge < -0.3 is 10.8 Å². The number of amides is 1. The Morgan fingerprint density at radius 3 is 1.67 bits per heavy atom. The van der Waals surface area contributed by atoms with Crippen LogP contribution in [0.3, 0.4) is 0 Å². The topological polar surface area (TPSA) is 80.4 Å². The van der Waals surface area contributed by atoms with Crippen molar-refractivity contribution in [3.05, 3.63) is 11.1 Å². The molecule has 1 amide bonds. The van der Waals surface area contributed by atoms with Crippen molar-refractivity contribution in [1.82, 2.24) is 0 Å². The molecule has 0 spiro atoms. The molecule has 0 unspecified atom stereocenters. The Labute approximate surface area is 109 Å². The Hall–Kier alpha value is -1.32. The van der Waals surface area contributed by atoms with Crippen LogP contribution in [0, 0.1) is 0 Å². The van der Waals surface area contributed by atoms with Crippen LogP contribution in [-0.4, -0.2) is 17.0 Å². The second-order valence-corrected chi connectivity index (χ2v) is 4.54. The summed E-state index contributed by atoms with van der Waals surface area (Å²) in [6, 6.07) is 0. The van der Waals surface area contributed by atoms with Crippen LogP contribution in [0.15, 0.2) is 11.1 Å². The minimum Gasteiger partial charge on any atom is -0.478 e. The second kappa shape index (κ2) is 9.68. The van der Waals surface area contributed by atoms with Crippen molar-refractivity contribution >= 4 is 11.9 Å². The van der Waals surface area contributed by atoms with Crippen LogP contribution in [0.4, 0.5) is 0 Å². The third-order valence-electron chi connectivity index (χ3n) is 2.98. The number of hydrogen-bond acceptors (Lipinski definition) is 2. The molecule has 4 nitrogen and oxygen atoms in total. The van der Waals surface area contributed by atoms with Gasteiger partial charge in [-0.05, 0) is 25.7 Å². The van der Waals surface area contributed by atoms with Crippen molar-refractivity contribution in [2.24, 2.45) is 5.73 Å². The molecule has 18 heavy (non-hydrogen) atoms. The molecule has 0 aliphatic carbocycles. The Morgan fingerprint density at radius 1 is 0.889 bits per heavy atom. The third kappa shape index (κ3) is 6.42. The van der Waals surface area contributed by atoms with Gasteiger partial charge in [0, 0.05) is 11.1 Å². The Kier molecular flexibility index (Phi) is 8.97. The highest BCUT2D eigenvalue weighted by atomic mass is 16.4. The lowest BCUT2D eigenvalue weighted by atomic mass is 9.97. The largest absolute Gasteiger partial charge is 0.478 e. The van der Waals surface area contributed by atoms with Crippen molar-refractivity contribution in [2.75, 3.05) is 0 Å². The van der Waals surface area contributed by atoms with Crippen molar-refractivity contribution in [3.63, 3.8) is 0 Å². The number of rotatable bonds is 10. The predicted octanol–water partition coefficient (Wildman–Crippen LogP) is 3.01. The molecule has 0 rings (SSSR count). The third-order valence-corrected chi connectivity index (χ3v) is 2.98. The predicted molar refractivity (Wildman–Crippen MR) is 72.1 cm³/mol. The van der Waals surface area contributed by atoms with Gasteiger partial charge in [0.15, 0.2) is 0 Å². The Balaban J connectivity index is 4.80. The summed E-state index contributed by atoms with van der Waals surface area (Å²) < 4.78 is 0. The lowest BCUT2D eigenvalue weighted by molar-refractivity contribution is -0.133. The molecular weight excluding hydrogens is 230 g/mol. The lowest BCUT2D eigenvalue weighted by Crippen LogP contribution is -2.19. The fourth-order valence-electron chi connectivity index (χ4n) is 1.91. The maximum Gasteiger partial charge on any atom is 0.332 e. The molecule has 0 aromatic heterocycles. The van der Waals surface area contributed by atoms with E-state index in [0.29, 0.717) is 18.4 Å². The number of unbranched alkanes of at least 4 members (excludes halogenated alkanes) is 4. The van der Waals surface area contributed by atoms with E-state index in [2.05, 4.69) is 13.8 Å². The zero-order chi connectivity index (χ0) is 14.0. The fraction of sp³-hybridized carbons (Fsp3) is 0.714. The first-order valence-corrected chi connectivity index (χ1v) is 6.79. The molecule has 0 saturated heterocycles. The smallest absolute Gasteiger partial charge is 0.332 e. The molecule has 0 fully saturated rings. The summed E-state index contributed by atoms with van der Waals surface area (Å²) in [6.07, 6.45) is 6.54. The minimum absolute atomic E-state index is 0.215. The van der Waals surface area contributed by atoms with Crippen LogP contribution in [0.25, 0.3) is 0 Å². The van der Waals surface area contributed by atoms with Gasteiger partial charge in [-0.3, -0.25) is 4.79 Å².